The number of carbonyl (C=O) groups excluding carboxylic acids is 1. The number of benzene rings is 2. The van der Waals surface area contributed by atoms with Crippen molar-refractivity contribution >= 4 is 46.1 Å². The van der Waals surface area contributed by atoms with Crippen LogP contribution in [0.25, 0.3) is 10.9 Å². The van der Waals surface area contributed by atoms with Crippen molar-refractivity contribution < 1.29 is 14.7 Å². The maximum atomic E-state index is 12.2. The first-order valence-corrected chi connectivity index (χ1v) is 9.95. The zero-order valence-corrected chi connectivity index (χ0v) is 16.0. The number of fused-ring (bicyclic) bond motifs is 1. The molecule has 140 valence electrons. The highest BCUT2D eigenvalue weighted by Crippen LogP contribution is 2.19. The zero-order valence-electron chi connectivity index (χ0n) is 14.4. The van der Waals surface area contributed by atoms with Gasteiger partial charge in [-0.2, -0.15) is 0 Å². The summed E-state index contributed by atoms with van der Waals surface area (Å²) >= 11 is 7.28. The molecule has 3 N–H and O–H groups in total. The van der Waals surface area contributed by atoms with Crippen molar-refractivity contribution in [3.8, 4) is 0 Å². The predicted octanol–water partition coefficient (Wildman–Crippen LogP) is 3.87. The number of hydrogen-bond acceptors (Lipinski definition) is 3. The molecule has 27 heavy (non-hydrogen) atoms. The first-order chi connectivity index (χ1) is 13.0. The smallest absolute Gasteiger partial charge is 0.326 e. The average molecular weight is 403 g/mol. The number of amides is 1. The number of carboxylic acids is 1. The fraction of sp³-hybridized carbons (Fsp3) is 0.200. The molecule has 2 aromatic carbocycles. The Hall–Kier alpha value is -2.44. The van der Waals surface area contributed by atoms with E-state index < -0.39 is 12.0 Å². The summed E-state index contributed by atoms with van der Waals surface area (Å²) in [4.78, 5) is 26.9. The molecule has 0 fully saturated rings. The van der Waals surface area contributed by atoms with E-state index in [0.717, 1.165) is 22.0 Å². The monoisotopic (exact) mass is 402 g/mol. The summed E-state index contributed by atoms with van der Waals surface area (Å²) in [5.74, 6) is -0.483. The van der Waals surface area contributed by atoms with Crippen LogP contribution in [0.2, 0.25) is 5.02 Å². The van der Waals surface area contributed by atoms with Gasteiger partial charge in [0.2, 0.25) is 5.91 Å². The maximum absolute atomic E-state index is 12.2. The molecule has 3 rings (SSSR count). The quantitative estimate of drug-likeness (QED) is 0.534. The summed E-state index contributed by atoms with van der Waals surface area (Å²) in [6.07, 6.45) is 2.02. The lowest BCUT2D eigenvalue weighted by atomic mass is 10.1. The first-order valence-electron chi connectivity index (χ1n) is 8.42. The Labute approximate surface area is 166 Å². The number of rotatable bonds is 8. The topological polar surface area (TPSA) is 82.2 Å². The van der Waals surface area contributed by atoms with Gasteiger partial charge >= 0.3 is 5.97 Å². The molecule has 0 spiro atoms. The number of aromatic nitrogens is 1. The number of nitrogens with one attached hydrogen (secondary N) is 2. The van der Waals surface area contributed by atoms with E-state index in [1.807, 2.05) is 36.4 Å². The van der Waals surface area contributed by atoms with Crippen LogP contribution in [0.3, 0.4) is 0 Å². The number of para-hydroxylation sites is 1. The normalized spacial score (nSPS) is 12.0. The average Bonchev–Trinajstić information content (AvgIpc) is 3.06. The van der Waals surface area contributed by atoms with Crippen molar-refractivity contribution in [2.75, 3.05) is 5.75 Å². The summed E-state index contributed by atoms with van der Waals surface area (Å²) < 4.78 is 0. The Bertz CT molecular complexity index is 940. The summed E-state index contributed by atoms with van der Waals surface area (Å²) in [6, 6.07) is 14.1. The number of halogens is 1. The van der Waals surface area contributed by atoms with Crippen LogP contribution in [-0.4, -0.2) is 33.8 Å². The van der Waals surface area contributed by atoms with Crippen LogP contribution >= 0.6 is 23.4 Å². The fourth-order valence-corrected chi connectivity index (χ4v) is 3.72. The molecule has 1 atom stereocenters. The van der Waals surface area contributed by atoms with Crippen molar-refractivity contribution in [1.82, 2.24) is 10.3 Å². The Morgan fingerprint density at radius 2 is 1.89 bits per heavy atom. The third-order valence-electron chi connectivity index (χ3n) is 4.15. The minimum Gasteiger partial charge on any atom is -0.480 e. The van der Waals surface area contributed by atoms with E-state index in [1.165, 1.54) is 11.8 Å². The third-order valence-corrected chi connectivity index (χ3v) is 5.40. The molecular formula is C20H19ClN2O3S. The molecule has 1 unspecified atom stereocenters. The van der Waals surface area contributed by atoms with Gasteiger partial charge in [-0.3, -0.25) is 4.79 Å². The van der Waals surface area contributed by atoms with E-state index in [2.05, 4.69) is 10.3 Å². The highest BCUT2D eigenvalue weighted by molar-refractivity contribution is 7.99. The van der Waals surface area contributed by atoms with E-state index >= 15 is 0 Å². The van der Waals surface area contributed by atoms with Crippen LogP contribution in [0.5, 0.6) is 0 Å². The van der Waals surface area contributed by atoms with Gasteiger partial charge in [-0.25, -0.2) is 4.79 Å². The van der Waals surface area contributed by atoms with Crippen LogP contribution < -0.4 is 5.32 Å². The van der Waals surface area contributed by atoms with Crippen LogP contribution in [0.15, 0.2) is 54.7 Å². The fourth-order valence-electron chi connectivity index (χ4n) is 2.80. The zero-order chi connectivity index (χ0) is 19.2. The molecule has 0 saturated carbocycles. The van der Waals surface area contributed by atoms with Gasteiger partial charge in [-0.05, 0) is 29.3 Å². The molecule has 0 aliphatic rings. The SMILES string of the molecule is O=C(CSCc1ccc(Cl)cc1)NC(Cc1c[nH]c2ccccc12)C(=O)O. The molecule has 0 radical (unpaired) electrons. The number of carboxylic acid groups (broad SMARTS) is 1. The standard InChI is InChI=1S/C20H19ClN2O3S/c21-15-7-5-13(6-8-15)11-27-12-19(24)23-18(20(25)26)9-14-10-22-17-4-2-1-3-16(14)17/h1-8,10,18,22H,9,11-12H2,(H,23,24)(H,25,26). The predicted molar refractivity (Wildman–Crippen MR) is 109 cm³/mol. The molecule has 0 aliphatic carbocycles. The van der Waals surface area contributed by atoms with E-state index in [9.17, 15) is 14.7 Å². The lowest BCUT2D eigenvalue weighted by molar-refractivity contribution is -0.141. The minimum absolute atomic E-state index is 0.195. The largest absolute Gasteiger partial charge is 0.480 e. The Morgan fingerprint density at radius 3 is 2.63 bits per heavy atom. The highest BCUT2D eigenvalue weighted by atomic mass is 35.5. The molecule has 0 saturated heterocycles. The third kappa shape index (κ3) is 5.28. The number of aliphatic carboxylic acids is 1. The Morgan fingerprint density at radius 1 is 1.15 bits per heavy atom. The Balaban J connectivity index is 1.55. The number of carbonyl (C=O) groups is 2. The first kappa shape index (κ1) is 19.3. The number of hydrogen-bond donors (Lipinski definition) is 3. The van der Waals surface area contributed by atoms with Gasteiger partial charge in [0.05, 0.1) is 5.75 Å². The second-order valence-corrected chi connectivity index (χ2v) is 7.56. The lowest BCUT2D eigenvalue weighted by Gasteiger charge is -2.14. The van der Waals surface area contributed by atoms with Crippen molar-refractivity contribution in [2.45, 2.75) is 18.2 Å². The van der Waals surface area contributed by atoms with Gasteiger partial charge < -0.3 is 15.4 Å². The van der Waals surface area contributed by atoms with E-state index in [0.29, 0.717) is 10.8 Å². The lowest BCUT2D eigenvalue weighted by Crippen LogP contribution is -2.43. The van der Waals surface area contributed by atoms with Gasteiger partial charge in [0, 0.05) is 34.3 Å². The molecule has 1 amide bonds. The van der Waals surface area contributed by atoms with Crippen molar-refractivity contribution in [3.05, 3.63) is 70.9 Å². The van der Waals surface area contributed by atoms with Gasteiger partial charge in [0.1, 0.15) is 6.04 Å². The molecule has 1 heterocycles. The van der Waals surface area contributed by atoms with Gasteiger partial charge in [0.15, 0.2) is 0 Å². The minimum atomic E-state index is -1.05. The van der Waals surface area contributed by atoms with E-state index in [-0.39, 0.29) is 18.1 Å². The van der Waals surface area contributed by atoms with Crippen LogP contribution in [0.1, 0.15) is 11.1 Å². The maximum Gasteiger partial charge on any atom is 0.326 e. The molecule has 5 nitrogen and oxygen atoms in total. The van der Waals surface area contributed by atoms with Crippen LogP contribution in [0, 0.1) is 0 Å². The summed E-state index contributed by atoms with van der Waals surface area (Å²) in [6.45, 7) is 0. The second-order valence-electron chi connectivity index (χ2n) is 6.14. The van der Waals surface area contributed by atoms with Gasteiger partial charge in [0.25, 0.3) is 0 Å². The Kier molecular flexibility index (Phi) is 6.42. The molecule has 3 aromatic rings. The van der Waals surface area contributed by atoms with E-state index in [4.69, 9.17) is 11.6 Å². The summed E-state index contributed by atoms with van der Waals surface area (Å²) in [5, 5.41) is 13.7. The van der Waals surface area contributed by atoms with Gasteiger partial charge in [-0.15, -0.1) is 11.8 Å². The summed E-state index contributed by atoms with van der Waals surface area (Å²) in [7, 11) is 0. The summed E-state index contributed by atoms with van der Waals surface area (Å²) in [5.41, 5.74) is 2.87. The van der Waals surface area contributed by atoms with Crippen molar-refractivity contribution in [2.24, 2.45) is 0 Å². The highest BCUT2D eigenvalue weighted by Gasteiger charge is 2.21. The van der Waals surface area contributed by atoms with Crippen molar-refractivity contribution in [3.63, 3.8) is 0 Å². The second kappa shape index (κ2) is 8.97. The molecule has 0 aliphatic heterocycles. The van der Waals surface area contributed by atoms with Crippen LogP contribution in [0.4, 0.5) is 0 Å². The van der Waals surface area contributed by atoms with E-state index in [1.54, 1.807) is 18.3 Å². The molecule has 7 heteroatoms. The molecule has 1 aromatic heterocycles. The number of thioether (sulfide) groups is 1. The van der Waals surface area contributed by atoms with Crippen molar-refractivity contribution in [1.29, 1.82) is 0 Å². The number of H-pyrrole nitrogens is 1. The van der Waals surface area contributed by atoms with Gasteiger partial charge in [-0.1, -0.05) is 41.9 Å². The molecular weight excluding hydrogens is 384 g/mol. The van der Waals surface area contributed by atoms with Crippen LogP contribution in [-0.2, 0) is 21.8 Å². The molecule has 0 bridgehead atoms. The number of aromatic amines is 1.